The van der Waals surface area contributed by atoms with Crippen LogP contribution in [0.25, 0.3) is 10.2 Å². The van der Waals surface area contributed by atoms with E-state index >= 15 is 0 Å². The predicted molar refractivity (Wildman–Crippen MR) is 93.8 cm³/mol. The molecule has 1 aromatic carbocycles. The summed E-state index contributed by atoms with van der Waals surface area (Å²) in [6.07, 6.45) is -4.87. The minimum atomic E-state index is -5.04. The molecule has 1 N–H and O–H groups in total. The number of amides is 2. The van der Waals surface area contributed by atoms with Crippen molar-refractivity contribution in [1.82, 2.24) is 9.47 Å². The number of thiazole rings is 1. The summed E-state index contributed by atoms with van der Waals surface area (Å²) in [6, 6.07) is 4.91. The number of carbonyl (C=O) groups excluding carboxylic acids is 1. The smallest absolute Gasteiger partial charge is 0.465 e. The van der Waals surface area contributed by atoms with Crippen LogP contribution in [0.1, 0.15) is 12.8 Å². The van der Waals surface area contributed by atoms with Gasteiger partial charge in [0, 0.05) is 24.7 Å². The number of hydrogen-bond donors (Lipinski definition) is 1. The van der Waals surface area contributed by atoms with Gasteiger partial charge in [-0.05, 0) is 37.0 Å². The van der Waals surface area contributed by atoms with Gasteiger partial charge in [-0.15, -0.1) is 0 Å². The van der Waals surface area contributed by atoms with Crippen LogP contribution >= 0.6 is 22.9 Å². The second-order valence-corrected chi connectivity index (χ2v) is 7.68. The van der Waals surface area contributed by atoms with Crippen molar-refractivity contribution < 1.29 is 27.9 Å². The summed E-state index contributed by atoms with van der Waals surface area (Å²) in [6.45, 7) is 1.07. The molecule has 27 heavy (non-hydrogen) atoms. The fourth-order valence-electron chi connectivity index (χ4n) is 3.02. The number of nitrogens with zero attached hydrogens (tertiary/aromatic N) is 3. The zero-order valence-electron chi connectivity index (χ0n) is 13.9. The van der Waals surface area contributed by atoms with Crippen LogP contribution in [0.4, 0.5) is 18.0 Å². The molecule has 1 aliphatic heterocycles. The fourth-order valence-corrected chi connectivity index (χ4v) is 4.34. The SMILES string of the molecule is O=C(O)N1CCC(Cn2/c(=N\C(=O)C(F)(F)F)sc3cc(Cl)ccc32)CC1. The predicted octanol–water partition coefficient (Wildman–Crippen LogP) is 3.74. The molecule has 0 bridgehead atoms. The third-order valence-electron chi connectivity index (χ3n) is 4.41. The zero-order valence-corrected chi connectivity index (χ0v) is 15.4. The number of carbonyl (C=O) groups is 2. The summed E-state index contributed by atoms with van der Waals surface area (Å²) in [4.78, 5) is 26.9. The lowest BCUT2D eigenvalue weighted by Gasteiger charge is -2.30. The third-order valence-corrected chi connectivity index (χ3v) is 5.69. The van der Waals surface area contributed by atoms with Crippen LogP contribution in [0.3, 0.4) is 0 Å². The van der Waals surface area contributed by atoms with Crippen molar-refractivity contribution in [2.45, 2.75) is 25.6 Å². The van der Waals surface area contributed by atoms with Gasteiger partial charge in [0.25, 0.3) is 0 Å². The molecule has 2 amide bonds. The standard InChI is InChI=1S/C16H15ClF3N3O3S/c17-10-1-2-11-12(7-10)27-14(21-13(24)16(18,19)20)23(11)8-9-3-5-22(6-4-9)15(25)26/h1-2,7,9H,3-6,8H2,(H,25,26)/b21-14+. The van der Waals surface area contributed by atoms with Gasteiger partial charge in [-0.25, -0.2) is 4.79 Å². The molecule has 146 valence electrons. The monoisotopic (exact) mass is 421 g/mol. The van der Waals surface area contributed by atoms with E-state index in [1.54, 1.807) is 22.8 Å². The molecule has 3 rings (SSSR count). The zero-order chi connectivity index (χ0) is 19.8. The first-order chi connectivity index (χ1) is 12.6. The van der Waals surface area contributed by atoms with Crippen LogP contribution in [0, 0.1) is 5.92 Å². The van der Waals surface area contributed by atoms with Crippen molar-refractivity contribution in [2.24, 2.45) is 10.9 Å². The lowest BCUT2D eigenvalue weighted by Crippen LogP contribution is -2.39. The number of hydrogen-bond acceptors (Lipinski definition) is 3. The van der Waals surface area contributed by atoms with Crippen molar-refractivity contribution in [3.63, 3.8) is 0 Å². The number of piperidine rings is 1. The van der Waals surface area contributed by atoms with Gasteiger partial charge in [0.2, 0.25) is 0 Å². The number of benzene rings is 1. The Morgan fingerprint density at radius 3 is 2.56 bits per heavy atom. The molecular formula is C16H15ClF3N3O3S. The molecule has 1 saturated heterocycles. The quantitative estimate of drug-likeness (QED) is 0.802. The maximum atomic E-state index is 12.6. The van der Waals surface area contributed by atoms with E-state index in [0.29, 0.717) is 47.7 Å². The maximum Gasteiger partial charge on any atom is 0.473 e. The summed E-state index contributed by atoms with van der Waals surface area (Å²) in [5.41, 5.74) is 0.638. The fraction of sp³-hybridized carbons (Fsp3) is 0.438. The second-order valence-electron chi connectivity index (χ2n) is 6.24. The molecule has 6 nitrogen and oxygen atoms in total. The van der Waals surface area contributed by atoms with Crippen LogP contribution in [0.2, 0.25) is 5.02 Å². The van der Waals surface area contributed by atoms with E-state index in [1.165, 1.54) is 4.90 Å². The molecule has 0 spiro atoms. The Hall–Kier alpha value is -2.07. The molecule has 1 fully saturated rings. The van der Waals surface area contributed by atoms with E-state index < -0.39 is 18.2 Å². The highest BCUT2D eigenvalue weighted by atomic mass is 35.5. The minimum absolute atomic E-state index is 0.0461. The maximum absolute atomic E-state index is 12.6. The number of fused-ring (bicyclic) bond motifs is 1. The summed E-state index contributed by atoms with van der Waals surface area (Å²) in [7, 11) is 0. The highest BCUT2D eigenvalue weighted by Gasteiger charge is 2.38. The topological polar surface area (TPSA) is 74.9 Å². The average Bonchev–Trinajstić information content (AvgIpc) is 2.91. The Kier molecular flexibility index (Phi) is 5.48. The first kappa shape index (κ1) is 19.7. The molecule has 1 aromatic heterocycles. The first-order valence-electron chi connectivity index (χ1n) is 8.08. The largest absolute Gasteiger partial charge is 0.473 e. The first-order valence-corrected chi connectivity index (χ1v) is 9.27. The molecule has 0 aliphatic carbocycles. The van der Waals surface area contributed by atoms with E-state index in [0.717, 1.165) is 11.3 Å². The van der Waals surface area contributed by atoms with E-state index in [-0.39, 0.29) is 10.7 Å². The Labute approximate surface area is 160 Å². The molecule has 2 heterocycles. The van der Waals surface area contributed by atoms with Crippen LogP contribution in [0.15, 0.2) is 23.2 Å². The molecular weight excluding hydrogens is 407 g/mol. The van der Waals surface area contributed by atoms with E-state index in [2.05, 4.69) is 4.99 Å². The number of alkyl halides is 3. The Morgan fingerprint density at radius 2 is 1.96 bits per heavy atom. The molecule has 0 radical (unpaired) electrons. The average molecular weight is 422 g/mol. The van der Waals surface area contributed by atoms with Gasteiger partial charge in [0.1, 0.15) is 0 Å². The number of likely N-dealkylation sites (tertiary alicyclic amines) is 1. The Morgan fingerprint density at radius 1 is 1.30 bits per heavy atom. The van der Waals surface area contributed by atoms with Crippen LogP contribution in [0.5, 0.6) is 0 Å². The third kappa shape index (κ3) is 4.44. The summed E-state index contributed by atoms with van der Waals surface area (Å²) < 4.78 is 40.1. The van der Waals surface area contributed by atoms with E-state index in [1.807, 2.05) is 0 Å². The van der Waals surface area contributed by atoms with Gasteiger partial charge in [-0.1, -0.05) is 22.9 Å². The molecule has 0 atom stereocenters. The number of halogens is 4. The Bertz CT molecular complexity index is 946. The summed E-state index contributed by atoms with van der Waals surface area (Å²) in [5.74, 6) is -2.09. The second kappa shape index (κ2) is 7.51. The van der Waals surface area contributed by atoms with Crippen molar-refractivity contribution in [1.29, 1.82) is 0 Å². The Balaban J connectivity index is 1.95. The van der Waals surface area contributed by atoms with Crippen molar-refractivity contribution in [3.05, 3.63) is 28.0 Å². The highest BCUT2D eigenvalue weighted by molar-refractivity contribution is 7.16. The normalized spacial score (nSPS) is 16.9. The van der Waals surface area contributed by atoms with Gasteiger partial charge in [-0.3, -0.25) is 4.79 Å². The molecule has 1 aliphatic rings. The van der Waals surface area contributed by atoms with E-state index in [9.17, 15) is 22.8 Å². The molecule has 0 unspecified atom stereocenters. The minimum Gasteiger partial charge on any atom is -0.465 e. The van der Waals surface area contributed by atoms with Crippen LogP contribution in [-0.4, -0.2) is 45.8 Å². The van der Waals surface area contributed by atoms with Gasteiger partial charge in [0.15, 0.2) is 4.80 Å². The number of rotatable bonds is 2. The van der Waals surface area contributed by atoms with Crippen molar-refractivity contribution in [2.75, 3.05) is 13.1 Å². The van der Waals surface area contributed by atoms with Crippen LogP contribution < -0.4 is 4.80 Å². The lowest BCUT2D eigenvalue weighted by molar-refractivity contribution is -0.169. The number of carboxylic acid groups (broad SMARTS) is 1. The molecule has 2 aromatic rings. The van der Waals surface area contributed by atoms with Gasteiger partial charge in [-0.2, -0.15) is 18.2 Å². The lowest BCUT2D eigenvalue weighted by atomic mass is 9.97. The summed E-state index contributed by atoms with van der Waals surface area (Å²) in [5, 5.41) is 9.45. The highest BCUT2D eigenvalue weighted by Crippen LogP contribution is 2.26. The number of aromatic nitrogens is 1. The van der Waals surface area contributed by atoms with Gasteiger partial charge in [0.05, 0.1) is 10.2 Å². The van der Waals surface area contributed by atoms with E-state index in [4.69, 9.17) is 16.7 Å². The van der Waals surface area contributed by atoms with Gasteiger partial charge >= 0.3 is 18.2 Å². The summed E-state index contributed by atoms with van der Waals surface area (Å²) >= 11 is 6.92. The van der Waals surface area contributed by atoms with Crippen LogP contribution in [-0.2, 0) is 11.3 Å². The molecule has 11 heteroatoms. The van der Waals surface area contributed by atoms with Gasteiger partial charge < -0.3 is 14.6 Å². The molecule has 0 saturated carbocycles. The van der Waals surface area contributed by atoms with Crippen molar-refractivity contribution >= 4 is 45.2 Å². The van der Waals surface area contributed by atoms with Crippen molar-refractivity contribution in [3.8, 4) is 0 Å².